The molecule has 2 saturated heterocycles. The summed E-state index contributed by atoms with van der Waals surface area (Å²) in [5, 5.41) is 0. The summed E-state index contributed by atoms with van der Waals surface area (Å²) in [5.74, 6) is -0.686. The number of carbonyl (C=O) groups is 3. The Balaban J connectivity index is 1.28. The molecule has 2 fully saturated rings. The monoisotopic (exact) mass is 476 g/mol. The van der Waals surface area contributed by atoms with Crippen LogP contribution in [0.5, 0.6) is 0 Å². The van der Waals surface area contributed by atoms with E-state index in [-0.39, 0.29) is 36.0 Å². The Morgan fingerprint density at radius 2 is 1.80 bits per heavy atom. The Bertz CT molecular complexity index is 1090. The number of nitrogens with two attached hydrogens (primary N) is 2. The van der Waals surface area contributed by atoms with Crippen LogP contribution in [-0.2, 0) is 34.0 Å². The number of amides is 3. The van der Waals surface area contributed by atoms with Crippen LogP contribution in [0.4, 0.5) is 0 Å². The molecule has 1 aromatic carbocycles. The molecule has 0 saturated carbocycles. The molecule has 1 unspecified atom stereocenters. The first kappa shape index (κ1) is 23.4. The third-order valence-electron chi connectivity index (χ3n) is 7.66. The van der Waals surface area contributed by atoms with Crippen molar-refractivity contribution >= 4 is 17.7 Å². The van der Waals surface area contributed by atoms with Crippen LogP contribution >= 0.6 is 0 Å². The molecule has 0 aliphatic carbocycles. The third-order valence-corrected chi connectivity index (χ3v) is 7.66. The molecule has 4 N–H and O–H groups in total. The van der Waals surface area contributed by atoms with Crippen LogP contribution in [0.1, 0.15) is 29.7 Å². The van der Waals surface area contributed by atoms with Gasteiger partial charge in [-0.1, -0.05) is 36.4 Å². The van der Waals surface area contributed by atoms with E-state index >= 15 is 0 Å². The average Bonchev–Trinajstić information content (AvgIpc) is 3.43. The van der Waals surface area contributed by atoms with Crippen molar-refractivity contribution in [3.8, 4) is 0 Å². The van der Waals surface area contributed by atoms with Crippen LogP contribution in [0, 0.1) is 11.3 Å². The van der Waals surface area contributed by atoms with Crippen molar-refractivity contribution in [2.24, 2.45) is 22.8 Å². The molecule has 2 aromatic rings. The van der Waals surface area contributed by atoms with Crippen molar-refractivity contribution in [3.63, 3.8) is 0 Å². The highest BCUT2D eigenvalue weighted by Gasteiger charge is 2.58. The largest absolute Gasteiger partial charge is 0.368 e. The zero-order chi connectivity index (χ0) is 24.6. The second kappa shape index (κ2) is 9.39. The SMILES string of the molecule is NC(=O)[C@@H](N)CCC(=O)N1CC2(CN(Cc3ccccc3)CC2C(=O)N2Cc3cccnc3C2)C1. The van der Waals surface area contributed by atoms with E-state index < -0.39 is 11.9 Å². The minimum atomic E-state index is -0.818. The van der Waals surface area contributed by atoms with Gasteiger partial charge in [-0.05, 0) is 23.6 Å². The lowest BCUT2D eigenvalue weighted by molar-refractivity contribution is -0.154. The minimum Gasteiger partial charge on any atom is -0.368 e. The summed E-state index contributed by atoms with van der Waals surface area (Å²) in [6.45, 7) is 4.41. The van der Waals surface area contributed by atoms with Crippen molar-refractivity contribution in [3.05, 3.63) is 65.5 Å². The molecule has 5 rings (SSSR count). The first-order valence-electron chi connectivity index (χ1n) is 12.2. The lowest BCUT2D eigenvalue weighted by atomic mass is 9.70. The maximum Gasteiger partial charge on any atom is 0.234 e. The van der Waals surface area contributed by atoms with Crippen molar-refractivity contribution in [2.45, 2.75) is 38.5 Å². The topological polar surface area (TPSA) is 126 Å². The highest BCUT2D eigenvalue weighted by molar-refractivity contribution is 5.84. The lowest BCUT2D eigenvalue weighted by Crippen LogP contribution is -2.64. The second-order valence-corrected chi connectivity index (χ2v) is 10.2. The van der Waals surface area contributed by atoms with Gasteiger partial charge in [-0.15, -0.1) is 0 Å². The van der Waals surface area contributed by atoms with E-state index in [1.54, 1.807) is 11.1 Å². The lowest BCUT2D eigenvalue weighted by Gasteiger charge is -2.51. The number of hydrogen-bond acceptors (Lipinski definition) is 6. The normalized spacial score (nSPS) is 21.6. The second-order valence-electron chi connectivity index (χ2n) is 10.2. The van der Waals surface area contributed by atoms with Crippen molar-refractivity contribution in [1.82, 2.24) is 19.7 Å². The van der Waals surface area contributed by atoms with Gasteiger partial charge in [0.1, 0.15) is 0 Å². The summed E-state index contributed by atoms with van der Waals surface area (Å²) in [5.41, 5.74) is 13.9. The van der Waals surface area contributed by atoms with Gasteiger partial charge in [0.15, 0.2) is 0 Å². The molecule has 9 heteroatoms. The van der Waals surface area contributed by atoms with Gasteiger partial charge in [0.05, 0.1) is 24.2 Å². The Kier molecular flexibility index (Phi) is 6.29. The standard InChI is InChI=1S/C26H32N6O3/c27-21(24(28)34)8-9-23(33)32-16-26(17-32)15-30(11-18-5-2-1-3-6-18)13-20(26)25(35)31-12-19-7-4-10-29-22(19)14-31/h1-7,10,20-21H,8-9,11-17,27H2,(H2,28,34)/t20?,21-/m0/s1. The van der Waals surface area contributed by atoms with Gasteiger partial charge in [-0.25, -0.2) is 0 Å². The number of nitrogens with zero attached hydrogens (tertiary/aromatic N) is 4. The van der Waals surface area contributed by atoms with Gasteiger partial charge < -0.3 is 21.3 Å². The Labute approximate surface area is 205 Å². The van der Waals surface area contributed by atoms with E-state index in [1.165, 1.54) is 5.56 Å². The number of hydrogen-bond donors (Lipinski definition) is 2. The van der Waals surface area contributed by atoms with Crippen LogP contribution in [0.25, 0.3) is 0 Å². The van der Waals surface area contributed by atoms with E-state index in [0.717, 1.165) is 24.3 Å². The number of carbonyl (C=O) groups excluding carboxylic acids is 3. The fourth-order valence-corrected chi connectivity index (χ4v) is 5.74. The number of rotatable bonds is 7. The first-order valence-corrected chi connectivity index (χ1v) is 12.2. The van der Waals surface area contributed by atoms with E-state index in [4.69, 9.17) is 11.5 Å². The number of fused-ring (bicyclic) bond motifs is 1. The van der Waals surface area contributed by atoms with E-state index in [2.05, 4.69) is 22.0 Å². The van der Waals surface area contributed by atoms with Gasteiger partial charge in [-0.2, -0.15) is 0 Å². The van der Waals surface area contributed by atoms with Crippen LogP contribution in [-0.4, -0.2) is 69.6 Å². The maximum atomic E-state index is 13.8. The molecule has 9 nitrogen and oxygen atoms in total. The summed E-state index contributed by atoms with van der Waals surface area (Å²) < 4.78 is 0. The number of benzene rings is 1. The minimum absolute atomic E-state index is 0.0437. The molecule has 184 valence electrons. The fraction of sp³-hybridized carbons (Fsp3) is 0.462. The van der Waals surface area contributed by atoms with Gasteiger partial charge in [0, 0.05) is 57.3 Å². The summed E-state index contributed by atoms with van der Waals surface area (Å²) in [4.78, 5) is 48.2. The number of likely N-dealkylation sites (tertiary alicyclic amines) is 2. The molecule has 2 atom stereocenters. The van der Waals surface area contributed by atoms with Gasteiger partial charge >= 0.3 is 0 Å². The summed E-state index contributed by atoms with van der Waals surface area (Å²) in [6, 6.07) is 13.4. The highest BCUT2D eigenvalue weighted by atomic mass is 16.2. The Hall–Kier alpha value is -3.30. The van der Waals surface area contributed by atoms with Gasteiger partial charge in [-0.3, -0.25) is 24.3 Å². The first-order chi connectivity index (χ1) is 16.8. The van der Waals surface area contributed by atoms with Crippen LogP contribution in [0.3, 0.4) is 0 Å². The van der Waals surface area contributed by atoms with Crippen molar-refractivity contribution < 1.29 is 14.4 Å². The van der Waals surface area contributed by atoms with Crippen molar-refractivity contribution in [1.29, 1.82) is 0 Å². The average molecular weight is 477 g/mol. The molecular formula is C26H32N6O3. The molecule has 3 aliphatic heterocycles. The van der Waals surface area contributed by atoms with Crippen LogP contribution in [0.2, 0.25) is 0 Å². The zero-order valence-corrected chi connectivity index (χ0v) is 19.8. The van der Waals surface area contributed by atoms with Crippen LogP contribution in [0.15, 0.2) is 48.7 Å². The molecule has 35 heavy (non-hydrogen) atoms. The summed E-state index contributed by atoms with van der Waals surface area (Å²) in [6.07, 6.45) is 2.18. The van der Waals surface area contributed by atoms with E-state index in [0.29, 0.717) is 32.7 Å². The predicted molar refractivity (Wildman–Crippen MR) is 129 cm³/mol. The van der Waals surface area contributed by atoms with Crippen LogP contribution < -0.4 is 11.5 Å². The summed E-state index contributed by atoms with van der Waals surface area (Å²) in [7, 11) is 0. The molecule has 0 bridgehead atoms. The number of aromatic nitrogens is 1. The van der Waals surface area contributed by atoms with Crippen molar-refractivity contribution in [2.75, 3.05) is 26.2 Å². The Morgan fingerprint density at radius 3 is 2.51 bits per heavy atom. The third kappa shape index (κ3) is 4.66. The quantitative estimate of drug-likeness (QED) is 0.599. The highest BCUT2D eigenvalue weighted by Crippen LogP contribution is 2.46. The summed E-state index contributed by atoms with van der Waals surface area (Å²) >= 11 is 0. The molecule has 0 radical (unpaired) electrons. The van der Waals surface area contributed by atoms with E-state index in [9.17, 15) is 14.4 Å². The fourth-order valence-electron chi connectivity index (χ4n) is 5.74. The smallest absolute Gasteiger partial charge is 0.234 e. The molecule has 4 heterocycles. The molecule has 3 aliphatic rings. The number of pyridine rings is 1. The molecule has 3 amide bonds. The van der Waals surface area contributed by atoms with Gasteiger partial charge in [0.25, 0.3) is 0 Å². The van der Waals surface area contributed by atoms with Gasteiger partial charge in [0.2, 0.25) is 17.7 Å². The maximum absolute atomic E-state index is 13.8. The van der Waals surface area contributed by atoms with E-state index in [1.807, 2.05) is 35.2 Å². The molecule has 1 aromatic heterocycles. The Morgan fingerprint density at radius 1 is 1.03 bits per heavy atom. The zero-order valence-electron chi connectivity index (χ0n) is 19.8. The predicted octanol–water partition coefficient (Wildman–Crippen LogP) is 0.477. The molecule has 1 spiro atoms. The number of primary amides is 1. The molecular weight excluding hydrogens is 444 g/mol.